The van der Waals surface area contributed by atoms with Crippen LogP contribution in [0.15, 0.2) is 18.2 Å². The lowest BCUT2D eigenvalue weighted by Crippen LogP contribution is -2.36. The molecule has 0 bridgehead atoms. The summed E-state index contributed by atoms with van der Waals surface area (Å²) < 4.78 is 18.9. The van der Waals surface area contributed by atoms with E-state index in [9.17, 15) is 4.39 Å². The van der Waals surface area contributed by atoms with Crippen molar-refractivity contribution < 1.29 is 14.2 Å². The Hall–Kier alpha value is -0.970. The number of halogens is 1. The van der Waals surface area contributed by atoms with Crippen LogP contribution in [0, 0.1) is 5.82 Å². The highest BCUT2D eigenvalue weighted by atomic mass is 19.1. The molecule has 1 aromatic carbocycles. The number of hydrogen-bond donors (Lipinski definition) is 1. The van der Waals surface area contributed by atoms with Crippen molar-refractivity contribution in [2.75, 3.05) is 26.3 Å². The molecule has 1 saturated heterocycles. The Morgan fingerprint density at radius 3 is 2.75 bits per heavy atom. The summed E-state index contributed by atoms with van der Waals surface area (Å²) in [6.45, 7) is 3.47. The van der Waals surface area contributed by atoms with Gasteiger partial charge in [0.15, 0.2) is 0 Å². The van der Waals surface area contributed by atoms with Crippen LogP contribution >= 0.6 is 0 Å². The molecule has 0 saturated carbocycles. The fourth-order valence-corrected chi connectivity index (χ4v) is 1.91. The molecule has 4 heteroatoms. The molecular weight excluding hydrogens is 209 g/mol. The molecule has 1 N–H and O–H groups in total. The van der Waals surface area contributed by atoms with Crippen molar-refractivity contribution in [2.45, 2.75) is 13.2 Å². The molecule has 1 fully saturated rings. The minimum Gasteiger partial charge on any atom is -0.392 e. The van der Waals surface area contributed by atoms with Crippen LogP contribution in [0.3, 0.4) is 0 Å². The molecule has 3 nitrogen and oxygen atoms in total. The van der Waals surface area contributed by atoms with Crippen LogP contribution in [0.4, 0.5) is 4.39 Å². The number of nitrogens with zero attached hydrogens (tertiary/aromatic N) is 1. The molecule has 1 aliphatic rings. The van der Waals surface area contributed by atoms with E-state index in [1.54, 1.807) is 12.1 Å². The van der Waals surface area contributed by atoms with E-state index in [0.717, 1.165) is 13.1 Å². The maximum absolute atomic E-state index is 13.6. The lowest BCUT2D eigenvalue weighted by molar-refractivity contribution is 0.0334. The minimum absolute atomic E-state index is 0.114. The Kier molecular flexibility index (Phi) is 3.88. The predicted molar refractivity (Wildman–Crippen MR) is 58.4 cm³/mol. The van der Waals surface area contributed by atoms with E-state index in [0.29, 0.717) is 30.9 Å². The summed E-state index contributed by atoms with van der Waals surface area (Å²) in [5.74, 6) is -0.238. The summed E-state index contributed by atoms with van der Waals surface area (Å²) in [5, 5.41) is 9.16. The maximum atomic E-state index is 13.6. The highest BCUT2D eigenvalue weighted by Crippen LogP contribution is 2.16. The van der Waals surface area contributed by atoms with Gasteiger partial charge in [-0.25, -0.2) is 4.39 Å². The van der Waals surface area contributed by atoms with Gasteiger partial charge in [-0.3, -0.25) is 4.90 Å². The van der Waals surface area contributed by atoms with E-state index < -0.39 is 0 Å². The first-order valence-electron chi connectivity index (χ1n) is 5.48. The number of aliphatic hydroxyl groups is 1. The van der Waals surface area contributed by atoms with Crippen LogP contribution in [0.25, 0.3) is 0 Å². The highest BCUT2D eigenvalue weighted by molar-refractivity contribution is 5.28. The topological polar surface area (TPSA) is 32.7 Å². The van der Waals surface area contributed by atoms with Gasteiger partial charge in [0.05, 0.1) is 19.8 Å². The van der Waals surface area contributed by atoms with E-state index in [1.807, 2.05) is 0 Å². The van der Waals surface area contributed by atoms with Gasteiger partial charge in [0.25, 0.3) is 0 Å². The van der Waals surface area contributed by atoms with Gasteiger partial charge in [-0.05, 0) is 11.6 Å². The Morgan fingerprint density at radius 1 is 1.31 bits per heavy atom. The summed E-state index contributed by atoms with van der Waals surface area (Å²) in [4.78, 5) is 2.14. The van der Waals surface area contributed by atoms with Crippen molar-refractivity contribution in [1.29, 1.82) is 0 Å². The quantitative estimate of drug-likeness (QED) is 0.837. The molecule has 0 atom stereocenters. The molecule has 1 heterocycles. The van der Waals surface area contributed by atoms with Crippen LogP contribution in [0.5, 0.6) is 0 Å². The maximum Gasteiger partial charge on any atom is 0.128 e. The van der Waals surface area contributed by atoms with Crippen molar-refractivity contribution in [3.8, 4) is 0 Å². The summed E-state index contributed by atoms with van der Waals surface area (Å²) in [6.07, 6.45) is 0. The zero-order valence-corrected chi connectivity index (χ0v) is 9.16. The first-order valence-corrected chi connectivity index (χ1v) is 5.48. The number of ether oxygens (including phenoxy) is 1. The summed E-state index contributed by atoms with van der Waals surface area (Å²) in [5.41, 5.74) is 1.28. The van der Waals surface area contributed by atoms with E-state index in [1.165, 1.54) is 6.07 Å². The molecule has 0 aliphatic carbocycles. The number of hydrogen-bond acceptors (Lipinski definition) is 3. The third-order valence-corrected chi connectivity index (χ3v) is 2.87. The molecule has 1 aliphatic heterocycles. The summed E-state index contributed by atoms with van der Waals surface area (Å²) in [6, 6.07) is 4.83. The smallest absolute Gasteiger partial charge is 0.128 e. The lowest BCUT2D eigenvalue weighted by Gasteiger charge is -2.27. The summed E-state index contributed by atoms with van der Waals surface area (Å²) >= 11 is 0. The average molecular weight is 225 g/mol. The first-order chi connectivity index (χ1) is 7.81. The Labute approximate surface area is 94.4 Å². The van der Waals surface area contributed by atoms with E-state index in [4.69, 9.17) is 9.84 Å². The van der Waals surface area contributed by atoms with Gasteiger partial charge in [0.1, 0.15) is 5.82 Å². The zero-order valence-electron chi connectivity index (χ0n) is 9.16. The van der Waals surface area contributed by atoms with Gasteiger partial charge in [0.2, 0.25) is 0 Å². The molecule has 0 aromatic heterocycles. The molecule has 88 valence electrons. The molecule has 16 heavy (non-hydrogen) atoms. The van der Waals surface area contributed by atoms with Gasteiger partial charge in [0, 0.05) is 25.2 Å². The highest BCUT2D eigenvalue weighted by Gasteiger charge is 2.15. The Morgan fingerprint density at radius 2 is 2.06 bits per heavy atom. The van der Waals surface area contributed by atoms with Crippen LogP contribution in [-0.2, 0) is 17.9 Å². The lowest BCUT2D eigenvalue weighted by atomic mass is 10.1. The minimum atomic E-state index is -0.238. The van der Waals surface area contributed by atoms with Crippen molar-refractivity contribution in [1.82, 2.24) is 4.90 Å². The van der Waals surface area contributed by atoms with Crippen molar-refractivity contribution in [3.63, 3.8) is 0 Å². The molecule has 0 unspecified atom stereocenters. The molecule has 0 spiro atoms. The van der Waals surface area contributed by atoms with Gasteiger partial charge in [-0.2, -0.15) is 0 Å². The second-order valence-electron chi connectivity index (χ2n) is 3.92. The van der Waals surface area contributed by atoms with Crippen LogP contribution in [0.2, 0.25) is 0 Å². The fraction of sp³-hybridized carbons (Fsp3) is 0.500. The van der Waals surface area contributed by atoms with E-state index in [2.05, 4.69) is 4.90 Å². The molecule has 1 aromatic rings. The van der Waals surface area contributed by atoms with Crippen molar-refractivity contribution in [3.05, 3.63) is 35.1 Å². The van der Waals surface area contributed by atoms with Crippen molar-refractivity contribution in [2.24, 2.45) is 0 Å². The largest absolute Gasteiger partial charge is 0.392 e. The van der Waals surface area contributed by atoms with Gasteiger partial charge >= 0.3 is 0 Å². The third kappa shape index (κ3) is 2.58. The average Bonchev–Trinajstić information content (AvgIpc) is 2.33. The zero-order chi connectivity index (χ0) is 11.4. The predicted octanol–water partition coefficient (Wildman–Crippen LogP) is 1.15. The molecular formula is C12H16FNO2. The van der Waals surface area contributed by atoms with Gasteiger partial charge in [-0.15, -0.1) is 0 Å². The molecule has 0 radical (unpaired) electrons. The second-order valence-corrected chi connectivity index (χ2v) is 3.92. The van der Waals surface area contributed by atoms with Gasteiger partial charge < -0.3 is 9.84 Å². The number of benzene rings is 1. The fourth-order valence-electron chi connectivity index (χ4n) is 1.91. The second kappa shape index (κ2) is 5.39. The van der Waals surface area contributed by atoms with Crippen LogP contribution < -0.4 is 0 Å². The van der Waals surface area contributed by atoms with Crippen molar-refractivity contribution >= 4 is 0 Å². The molecule has 0 amide bonds. The molecule has 2 rings (SSSR count). The van der Waals surface area contributed by atoms with Gasteiger partial charge in [-0.1, -0.05) is 12.1 Å². The normalized spacial score (nSPS) is 17.6. The van der Waals surface area contributed by atoms with E-state index in [-0.39, 0.29) is 12.4 Å². The monoisotopic (exact) mass is 225 g/mol. The Bertz CT molecular complexity index is 351. The number of morpholine rings is 1. The SMILES string of the molecule is OCc1cccc(F)c1CN1CCOCC1. The number of aliphatic hydroxyl groups excluding tert-OH is 1. The van der Waals surface area contributed by atoms with E-state index >= 15 is 0 Å². The standard InChI is InChI=1S/C12H16FNO2/c13-12-3-1-2-10(9-15)11(12)8-14-4-6-16-7-5-14/h1-3,15H,4-9H2. The third-order valence-electron chi connectivity index (χ3n) is 2.87. The first kappa shape index (κ1) is 11.5. The Balaban J connectivity index is 2.12. The van der Waals surface area contributed by atoms with Crippen LogP contribution in [0.1, 0.15) is 11.1 Å². The summed E-state index contributed by atoms with van der Waals surface area (Å²) in [7, 11) is 0. The number of rotatable bonds is 3. The van der Waals surface area contributed by atoms with Crippen LogP contribution in [-0.4, -0.2) is 36.3 Å².